The molecule has 4 aliphatic rings. The highest BCUT2D eigenvalue weighted by Gasteiger charge is 2.48. The van der Waals surface area contributed by atoms with Crippen molar-refractivity contribution in [1.29, 1.82) is 0 Å². The van der Waals surface area contributed by atoms with Crippen LogP contribution in [0.4, 0.5) is 0 Å². The van der Waals surface area contributed by atoms with Gasteiger partial charge in [-0.15, -0.1) is 0 Å². The quantitative estimate of drug-likeness (QED) is 0.441. The number of hydrogen-bond acceptors (Lipinski definition) is 7. The van der Waals surface area contributed by atoms with Gasteiger partial charge in [0.2, 0.25) is 0 Å². The van der Waals surface area contributed by atoms with Crippen molar-refractivity contribution in [3.8, 4) is 0 Å². The Morgan fingerprint density at radius 1 is 0.921 bits per heavy atom. The highest BCUT2D eigenvalue weighted by Crippen LogP contribution is 2.44. The Bertz CT molecular complexity index is 1070. The van der Waals surface area contributed by atoms with Crippen molar-refractivity contribution < 1.29 is 33.6 Å². The molecule has 0 radical (unpaired) electrons. The molecular weight excluding hydrogens is 484 g/mol. The molecule has 6 rings (SSSR count). The Labute approximate surface area is 224 Å². The number of rotatable bonds is 4. The first-order chi connectivity index (χ1) is 18.4. The van der Waals surface area contributed by atoms with Crippen LogP contribution in [0.25, 0.3) is 0 Å². The molecule has 7 heteroatoms. The lowest BCUT2D eigenvalue weighted by molar-refractivity contribution is -0.238. The van der Waals surface area contributed by atoms with Gasteiger partial charge in [-0.3, -0.25) is 4.79 Å². The van der Waals surface area contributed by atoms with E-state index < -0.39 is 6.10 Å². The minimum absolute atomic E-state index is 0.0384. The maximum Gasteiger partial charge on any atom is 0.302 e. The van der Waals surface area contributed by atoms with Gasteiger partial charge in [0.25, 0.3) is 0 Å². The summed E-state index contributed by atoms with van der Waals surface area (Å²) in [5.41, 5.74) is 2.92. The molecule has 2 aliphatic carbocycles. The molecule has 2 saturated heterocycles. The molecule has 4 fully saturated rings. The van der Waals surface area contributed by atoms with E-state index in [1.54, 1.807) is 0 Å². The number of hydrogen-bond donors (Lipinski definition) is 1. The Morgan fingerprint density at radius 2 is 1.50 bits per heavy atom. The highest BCUT2D eigenvalue weighted by molar-refractivity contribution is 5.66. The molecule has 0 aromatic heterocycles. The van der Waals surface area contributed by atoms with Crippen molar-refractivity contribution >= 4 is 5.97 Å². The van der Waals surface area contributed by atoms with Crippen molar-refractivity contribution in [2.45, 2.75) is 70.1 Å². The second-order valence-electron chi connectivity index (χ2n) is 10.6. The number of esters is 1. The summed E-state index contributed by atoms with van der Waals surface area (Å²) in [6.45, 7) is 8.76. The van der Waals surface area contributed by atoms with Crippen molar-refractivity contribution in [3.63, 3.8) is 0 Å². The average Bonchev–Trinajstić information content (AvgIpc) is 3.43. The van der Waals surface area contributed by atoms with Crippen LogP contribution in [0.1, 0.15) is 56.8 Å². The molecule has 38 heavy (non-hydrogen) atoms. The fourth-order valence-corrected chi connectivity index (χ4v) is 6.17. The maximum atomic E-state index is 11.3. The van der Waals surface area contributed by atoms with Crippen molar-refractivity contribution in [2.75, 3.05) is 13.2 Å². The smallest absolute Gasteiger partial charge is 0.302 e. The summed E-state index contributed by atoms with van der Waals surface area (Å²) < 4.78 is 29.1. The van der Waals surface area contributed by atoms with Gasteiger partial charge in [0.1, 0.15) is 6.10 Å². The fraction of sp³-hybridized carbons (Fsp3) is 0.516. The van der Waals surface area contributed by atoms with Crippen LogP contribution in [0, 0.1) is 17.8 Å². The molecule has 2 aliphatic heterocycles. The minimum atomic E-state index is -0.442. The van der Waals surface area contributed by atoms with Crippen LogP contribution in [0.15, 0.2) is 72.8 Å². The third-order valence-electron chi connectivity index (χ3n) is 8.17. The second-order valence-corrected chi connectivity index (χ2v) is 10.6. The third kappa shape index (κ3) is 5.87. The molecule has 2 saturated carbocycles. The monoisotopic (exact) mass is 522 g/mol. The van der Waals surface area contributed by atoms with Crippen molar-refractivity contribution in [2.24, 2.45) is 17.8 Å². The van der Waals surface area contributed by atoms with Gasteiger partial charge in [-0.25, -0.2) is 0 Å². The van der Waals surface area contributed by atoms with E-state index >= 15 is 0 Å². The van der Waals surface area contributed by atoms with E-state index in [9.17, 15) is 9.90 Å². The normalized spacial score (nSPS) is 36.0. The van der Waals surface area contributed by atoms with Gasteiger partial charge in [0, 0.05) is 48.6 Å². The van der Waals surface area contributed by atoms with E-state index in [2.05, 4.69) is 13.5 Å². The average molecular weight is 523 g/mol. The van der Waals surface area contributed by atoms with Crippen molar-refractivity contribution in [1.82, 2.24) is 0 Å². The number of aliphatic hydroxyl groups is 1. The zero-order valence-corrected chi connectivity index (χ0v) is 22.1. The predicted octanol–water partition coefficient (Wildman–Crippen LogP) is 5.12. The number of carbonyl (C=O) groups excluding carboxylic acids is 1. The predicted molar refractivity (Wildman–Crippen MR) is 141 cm³/mol. The fourth-order valence-electron chi connectivity index (χ4n) is 6.17. The summed E-state index contributed by atoms with van der Waals surface area (Å²) in [6, 6.07) is 19.9. The molecule has 2 heterocycles. The summed E-state index contributed by atoms with van der Waals surface area (Å²) in [5.74, 6) is 0.581. The Balaban J connectivity index is 0.000000158. The molecule has 0 amide bonds. The van der Waals surface area contributed by atoms with Crippen LogP contribution >= 0.6 is 0 Å². The van der Waals surface area contributed by atoms with E-state index in [4.69, 9.17) is 23.7 Å². The van der Waals surface area contributed by atoms with Crippen molar-refractivity contribution in [3.05, 3.63) is 83.9 Å². The van der Waals surface area contributed by atoms with E-state index in [1.165, 1.54) is 6.92 Å². The number of benzene rings is 2. The summed E-state index contributed by atoms with van der Waals surface area (Å²) in [6.07, 6.45) is 1.43. The third-order valence-corrected chi connectivity index (χ3v) is 8.17. The molecule has 0 bridgehead atoms. The first-order valence-corrected chi connectivity index (χ1v) is 13.6. The van der Waals surface area contributed by atoms with E-state index in [0.29, 0.717) is 31.5 Å². The Kier molecular flexibility index (Phi) is 8.61. The second kappa shape index (κ2) is 12.1. The largest absolute Gasteiger partial charge is 0.462 e. The molecule has 1 N–H and O–H groups in total. The van der Waals surface area contributed by atoms with Gasteiger partial charge in [0.15, 0.2) is 12.6 Å². The van der Waals surface area contributed by atoms with Crippen LogP contribution in [0.3, 0.4) is 0 Å². The van der Waals surface area contributed by atoms with Crippen LogP contribution in [-0.2, 0) is 28.5 Å². The maximum absolute atomic E-state index is 11.3. The lowest BCUT2D eigenvalue weighted by Crippen LogP contribution is -2.35. The number of ether oxygens (including phenoxy) is 5. The van der Waals surface area contributed by atoms with E-state index in [0.717, 1.165) is 29.5 Å². The van der Waals surface area contributed by atoms with E-state index in [1.807, 2.05) is 60.7 Å². The van der Waals surface area contributed by atoms with Gasteiger partial charge in [-0.1, -0.05) is 74.2 Å². The Hall–Kier alpha value is -2.55. The summed E-state index contributed by atoms with van der Waals surface area (Å²) in [4.78, 5) is 11.3. The lowest BCUT2D eigenvalue weighted by Gasteiger charge is -2.34. The van der Waals surface area contributed by atoms with Gasteiger partial charge in [-0.05, 0) is 12.0 Å². The molecule has 7 nitrogen and oxygen atoms in total. The van der Waals surface area contributed by atoms with Gasteiger partial charge in [-0.2, -0.15) is 0 Å². The number of aliphatic hydroxyl groups excluding tert-OH is 1. The number of carbonyl (C=O) groups is 1. The molecule has 2 unspecified atom stereocenters. The zero-order chi connectivity index (χ0) is 26.6. The minimum Gasteiger partial charge on any atom is -0.462 e. The van der Waals surface area contributed by atoms with Crippen LogP contribution in [0.5, 0.6) is 0 Å². The molecule has 0 spiro atoms. The Morgan fingerprint density at radius 3 is 2.08 bits per heavy atom. The summed E-state index contributed by atoms with van der Waals surface area (Å²) in [7, 11) is 0. The van der Waals surface area contributed by atoms with Gasteiger partial charge >= 0.3 is 5.97 Å². The standard InChI is InChI=1S/C17H22O4.C14H16O3/c1-3-13-14-10-19-17(12-7-5-4-6-8-12)21-16(14)9-15(13)20-11(2)18;1-9-11-8-16-14(10-5-3-2-4-6-10)17-13(11)7-12(9)15/h4-8,13-17H,3,9-10H2,1-2H3;2-6,11-15H,1,7-8H2/t13-,14-,15+,16-,17?;11-,12+,13-,14?/m00/s1. The van der Waals surface area contributed by atoms with Gasteiger partial charge in [0.05, 0.1) is 31.5 Å². The SMILES string of the molecule is C=C1[C@H](O)C[C@@H]2OC(c3ccccc3)OC[C@@H]12.CC[C@H]1[C@@H]2COC(c3ccccc3)O[C@H]2C[C@H]1OC(C)=O. The molecule has 2 aromatic carbocycles. The number of fused-ring (bicyclic) bond motifs is 2. The van der Waals surface area contributed by atoms with E-state index in [-0.39, 0.29) is 42.8 Å². The summed E-state index contributed by atoms with van der Waals surface area (Å²) in [5, 5.41) is 9.75. The topological polar surface area (TPSA) is 83.5 Å². The molecule has 204 valence electrons. The van der Waals surface area contributed by atoms with Crippen LogP contribution < -0.4 is 0 Å². The zero-order valence-electron chi connectivity index (χ0n) is 22.1. The van der Waals surface area contributed by atoms with Crippen LogP contribution in [0.2, 0.25) is 0 Å². The molecule has 9 atom stereocenters. The lowest BCUT2D eigenvalue weighted by atomic mass is 9.91. The highest BCUT2D eigenvalue weighted by atomic mass is 16.7. The molecule has 2 aromatic rings. The van der Waals surface area contributed by atoms with Gasteiger partial charge < -0.3 is 28.8 Å². The van der Waals surface area contributed by atoms with Crippen LogP contribution in [-0.4, -0.2) is 48.7 Å². The summed E-state index contributed by atoms with van der Waals surface area (Å²) >= 11 is 0. The first kappa shape index (κ1) is 27.0. The first-order valence-electron chi connectivity index (χ1n) is 13.6. The molecular formula is C31H38O7.